The zero-order valence-corrected chi connectivity index (χ0v) is 10.8. The number of halogens is 2. The second-order valence-corrected chi connectivity index (χ2v) is 4.88. The summed E-state index contributed by atoms with van der Waals surface area (Å²) in [5.74, 6) is -3.51. The van der Waals surface area contributed by atoms with Crippen LogP contribution in [0.4, 0.5) is 8.78 Å². The third-order valence-electron chi connectivity index (χ3n) is 3.53. The van der Waals surface area contributed by atoms with Crippen molar-refractivity contribution in [2.24, 2.45) is 5.92 Å². The molecule has 0 aliphatic carbocycles. The molecule has 1 heterocycles. The Bertz CT molecular complexity index is 533. The summed E-state index contributed by atoms with van der Waals surface area (Å²) in [4.78, 5) is 24.2. The fourth-order valence-electron chi connectivity index (χ4n) is 2.33. The SMILES string of the molecule is O=C(O)[C@@H]1CCN(C(=O)CCc2cccc(F)c2F)C1. The third kappa shape index (κ3) is 3.12. The predicted molar refractivity (Wildman–Crippen MR) is 67.0 cm³/mol. The van der Waals surface area contributed by atoms with Gasteiger partial charge in [0.15, 0.2) is 11.6 Å². The van der Waals surface area contributed by atoms with E-state index in [1.807, 2.05) is 0 Å². The topological polar surface area (TPSA) is 57.6 Å². The van der Waals surface area contributed by atoms with Gasteiger partial charge in [-0.3, -0.25) is 9.59 Å². The van der Waals surface area contributed by atoms with Gasteiger partial charge in [0.2, 0.25) is 5.91 Å². The van der Waals surface area contributed by atoms with Crippen molar-refractivity contribution in [3.63, 3.8) is 0 Å². The first-order chi connectivity index (χ1) is 9.49. The molecule has 1 aliphatic heterocycles. The zero-order chi connectivity index (χ0) is 14.7. The van der Waals surface area contributed by atoms with E-state index in [4.69, 9.17) is 5.11 Å². The summed E-state index contributed by atoms with van der Waals surface area (Å²) in [5, 5.41) is 8.86. The van der Waals surface area contributed by atoms with Crippen molar-refractivity contribution < 1.29 is 23.5 Å². The molecule has 20 heavy (non-hydrogen) atoms. The van der Waals surface area contributed by atoms with E-state index in [2.05, 4.69) is 0 Å². The van der Waals surface area contributed by atoms with Crippen LogP contribution < -0.4 is 0 Å². The molecular weight excluding hydrogens is 268 g/mol. The number of rotatable bonds is 4. The van der Waals surface area contributed by atoms with Gasteiger partial charge in [-0.1, -0.05) is 12.1 Å². The summed E-state index contributed by atoms with van der Waals surface area (Å²) >= 11 is 0. The minimum atomic E-state index is -0.929. The van der Waals surface area contributed by atoms with Gasteiger partial charge < -0.3 is 10.0 Å². The molecule has 1 aromatic carbocycles. The van der Waals surface area contributed by atoms with Crippen LogP contribution in [0.2, 0.25) is 0 Å². The molecule has 2 rings (SSSR count). The maximum absolute atomic E-state index is 13.4. The van der Waals surface area contributed by atoms with Gasteiger partial charge in [0, 0.05) is 19.5 Å². The number of aryl methyl sites for hydroxylation is 1. The third-order valence-corrected chi connectivity index (χ3v) is 3.53. The zero-order valence-electron chi connectivity index (χ0n) is 10.8. The summed E-state index contributed by atoms with van der Waals surface area (Å²) in [7, 11) is 0. The molecule has 1 N–H and O–H groups in total. The van der Waals surface area contributed by atoms with Crippen molar-refractivity contribution in [3.8, 4) is 0 Å². The van der Waals surface area contributed by atoms with Crippen LogP contribution in [0.15, 0.2) is 18.2 Å². The van der Waals surface area contributed by atoms with Gasteiger partial charge in [-0.05, 0) is 24.5 Å². The van der Waals surface area contributed by atoms with Gasteiger partial charge in [-0.15, -0.1) is 0 Å². The number of likely N-dealkylation sites (tertiary alicyclic amines) is 1. The van der Waals surface area contributed by atoms with Crippen LogP contribution in [-0.2, 0) is 16.0 Å². The van der Waals surface area contributed by atoms with E-state index in [1.165, 1.54) is 17.0 Å². The lowest BCUT2D eigenvalue weighted by atomic mass is 10.1. The standard InChI is InChI=1S/C14H15F2NO3/c15-11-3-1-2-9(13(11)16)4-5-12(18)17-7-6-10(8-17)14(19)20/h1-3,10H,4-8H2,(H,19,20)/t10-/m1/s1. The molecule has 108 valence electrons. The quantitative estimate of drug-likeness (QED) is 0.917. The maximum atomic E-state index is 13.4. The summed E-state index contributed by atoms with van der Waals surface area (Å²) in [6.07, 6.45) is 0.596. The number of benzene rings is 1. The average molecular weight is 283 g/mol. The molecule has 0 radical (unpaired) electrons. The number of amides is 1. The molecule has 0 aromatic heterocycles. The monoisotopic (exact) mass is 283 g/mol. The normalized spacial score (nSPS) is 18.3. The number of carbonyl (C=O) groups excluding carboxylic acids is 1. The van der Waals surface area contributed by atoms with E-state index >= 15 is 0 Å². The molecular formula is C14H15F2NO3. The first kappa shape index (κ1) is 14.4. The van der Waals surface area contributed by atoms with E-state index in [0.29, 0.717) is 13.0 Å². The van der Waals surface area contributed by atoms with E-state index in [9.17, 15) is 18.4 Å². The highest BCUT2D eigenvalue weighted by molar-refractivity contribution is 5.78. The molecule has 0 saturated carbocycles. The summed E-state index contributed by atoms with van der Waals surface area (Å²) < 4.78 is 26.4. The summed E-state index contributed by atoms with van der Waals surface area (Å²) in [5.41, 5.74) is 0.160. The van der Waals surface area contributed by atoms with Gasteiger partial charge in [0.25, 0.3) is 0 Å². The predicted octanol–water partition coefficient (Wildman–Crippen LogP) is 1.83. The minimum Gasteiger partial charge on any atom is -0.481 e. The molecule has 0 spiro atoms. The number of nitrogens with zero attached hydrogens (tertiary/aromatic N) is 1. The Hall–Kier alpha value is -1.98. The number of carbonyl (C=O) groups is 2. The average Bonchev–Trinajstić information content (AvgIpc) is 2.90. The Morgan fingerprint density at radius 1 is 1.35 bits per heavy atom. The first-order valence-electron chi connectivity index (χ1n) is 6.42. The lowest BCUT2D eigenvalue weighted by Gasteiger charge is -2.15. The molecule has 6 heteroatoms. The van der Waals surface area contributed by atoms with Crippen molar-refractivity contribution in [2.45, 2.75) is 19.3 Å². The van der Waals surface area contributed by atoms with Crippen LogP contribution in [0.25, 0.3) is 0 Å². The van der Waals surface area contributed by atoms with Crippen LogP contribution in [-0.4, -0.2) is 35.0 Å². The van der Waals surface area contributed by atoms with Gasteiger partial charge in [0.05, 0.1) is 5.92 Å². The minimum absolute atomic E-state index is 0.0483. The largest absolute Gasteiger partial charge is 0.481 e. The summed E-state index contributed by atoms with van der Waals surface area (Å²) in [6, 6.07) is 3.86. The van der Waals surface area contributed by atoms with Crippen LogP contribution in [0, 0.1) is 17.6 Å². The Balaban J connectivity index is 1.90. The van der Waals surface area contributed by atoms with E-state index in [0.717, 1.165) is 6.07 Å². The van der Waals surface area contributed by atoms with E-state index in [-0.39, 0.29) is 30.9 Å². The second kappa shape index (κ2) is 5.98. The Morgan fingerprint density at radius 2 is 2.10 bits per heavy atom. The van der Waals surface area contributed by atoms with Crippen molar-refractivity contribution in [1.29, 1.82) is 0 Å². The van der Waals surface area contributed by atoms with Crippen molar-refractivity contribution >= 4 is 11.9 Å². The number of aliphatic carboxylic acids is 1. The van der Waals surface area contributed by atoms with E-state index in [1.54, 1.807) is 0 Å². The van der Waals surface area contributed by atoms with Gasteiger partial charge in [-0.25, -0.2) is 8.78 Å². The number of hydrogen-bond acceptors (Lipinski definition) is 2. The first-order valence-corrected chi connectivity index (χ1v) is 6.42. The maximum Gasteiger partial charge on any atom is 0.308 e. The highest BCUT2D eigenvalue weighted by Crippen LogP contribution is 2.19. The lowest BCUT2D eigenvalue weighted by Crippen LogP contribution is -2.30. The van der Waals surface area contributed by atoms with Gasteiger partial charge in [-0.2, -0.15) is 0 Å². The molecule has 1 fully saturated rings. The smallest absolute Gasteiger partial charge is 0.308 e. The van der Waals surface area contributed by atoms with Crippen molar-refractivity contribution in [3.05, 3.63) is 35.4 Å². The summed E-state index contributed by atoms with van der Waals surface area (Å²) in [6.45, 7) is 0.598. The highest BCUT2D eigenvalue weighted by atomic mass is 19.2. The molecule has 0 unspecified atom stereocenters. The van der Waals surface area contributed by atoms with Crippen molar-refractivity contribution in [2.75, 3.05) is 13.1 Å². The fourth-order valence-corrected chi connectivity index (χ4v) is 2.33. The second-order valence-electron chi connectivity index (χ2n) is 4.88. The van der Waals surface area contributed by atoms with E-state index < -0.39 is 23.5 Å². The van der Waals surface area contributed by atoms with Crippen LogP contribution in [0.1, 0.15) is 18.4 Å². The fraction of sp³-hybridized carbons (Fsp3) is 0.429. The molecule has 1 aliphatic rings. The molecule has 1 atom stereocenters. The Kier molecular flexibility index (Phi) is 4.32. The van der Waals surface area contributed by atoms with Crippen LogP contribution >= 0.6 is 0 Å². The number of carboxylic acid groups (broad SMARTS) is 1. The molecule has 1 saturated heterocycles. The molecule has 4 nitrogen and oxygen atoms in total. The Morgan fingerprint density at radius 3 is 2.75 bits per heavy atom. The molecule has 0 bridgehead atoms. The molecule has 1 amide bonds. The highest BCUT2D eigenvalue weighted by Gasteiger charge is 2.30. The van der Waals surface area contributed by atoms with Crippen molar-refractivity contribution in [1.82, 2.24) is 4.90 Å². The van der Waals surface area contributed by atoms with Gasteiger partial charge >= 0.3 is 5.97 Å². The molecule has 1 aromatic rings. The number of hydrogen-bond donors (Lipinski definition) is 1. The van der Waals surface area contributed by atoms with Crippen LogP contribution in [0.3, 0.4) is 0 Å². The Labute approximate surface area is 115 Å². The van der Waals surface area contributed by atoms with Gasteiger partial charge in [0.1, 0.15) is 0 Å². The lowest BCUT2D eigenvalue weighted by molar-refractivity contribution is -0.141. The number of carboxylic acids is 1. The van der Waals surface area contributed by atoms with Crippen LogP contribution in [0.5, 0.6) is 0 Å².